The van der Waals surface area contributed by atoms with Gasteiger partial charge in [-0.3, -0.25) is 19.4 Å². The number of aromatic hydroxyl groups is 2. The predicted molar refractivity (Wildman–Crippen MR) is 158 cm³/mol. The Labute approximate surface area is 246 Å². The number of Topliss-reactive ketones (excluding diaryl/α,β-unsaturated/α-hetero) is 2. The maximum atomic E-state index is 14.7. The van der Waals surface area contributed by atoms with Crippen molar-refractivity contribution in [2.75, 3.05) is 32.7 Å². The second kappa shape index (κ2) is 12.0. The van der Waals surface area contributed by atoms with Gasteiger partial charge in [-0.15, -0.1) is 0 Å². The van der Waals surface area contributed by atoms with Crippen LogP contribution < -0.4 is 0 Å². The molecule has 2 aliphatic heterocycles. The van der Waals surface area contributed by atoms with Crippen molar-refractivity contribution in [3.63, 3.8) is 0 Å². The quantitative estimate of drug-likeness (QED) is 0.333. The molecule has 0 spiro atoms. The molecule has 8 heteroatoms. The lowest BCUT2D eigenvalue weighted by molar-refractivity contribution is 0.0367. The number of benzene rings is 3. The molecule has 3 N–H and O–H groups in total. The van der Waals surface area contributed by atoms with Crippen molar-refractivity contribution in [2.24, 2.45) is 11.8 Å². The number of phenols is 2. The zero-order valence-electron chi connectivity index (χ0n) is 24.3. The van der Waals surface area contributed by atoms with E-state index in [2.05, 4.69) is 9.80 Å². The average molecular weight is 575 g/mol. The number of piperidine rings is 1. The van der Waals surface area contributed by atoms with Crippen molar-refractivity contribution < 1.29 is 29.3 Å². The molecule has 0 aromatic heterocycles. The molecule has 42 heavy (non-hydrogen) atoms. The number of rotatable bonds is 8. The van der Waals surface area contributed by atoms with Gasteiger partial charge in [-0.05, 0) is 68.7 Å². The van der Waals surface area contributed by atoms with Gasteiger partial charge < -0.3 is 15.3 Å². The lowest BCUT2D eigenvalue weighted by Crippen LogP contribution is -2.52. The Balaban J connectivity index is 1.52. The number of ketones is 2. The van der Waals surface area contributed by atoms with E-state index < -0.39 is 17.4 Å². The van der Waals surface area contributed by atoms with Gasteiger partial charge in [0.25, 0.3) is 0 Å². The van der Waals surface area contributed by atoms with Crippen LogP contribution in [0.3, 0.4) is 0 Å². The average Bonchev–Trinajstić information content (AvgIpc) is 3.35. The Hall–Kier alpha value is -3.59. The summed E-state index contributed by atoms with van der Waals surface area (Å²) in [5.74, 6) is -1.69. The normalized spacial score (nSPS) is 23.6. The van der Waals surface area contributed by atoms with E-state index in [1.807, 2.05) is 6.07 Å². The van der Waals surface area contributed by atoms with Crippen LogP contribution in [0.4, 0.5) is 4.39 Å². The molecular formula is C34H39FN2O5. The number of halogens is 1. The number of phenolic OH excluding ortho intramolecular Hbond substituents is 2. The molecule has 2 heterocycles. The second-order valence-electron chi connectivity index (χ2n) is 12.5. The maximum Gasteiger partial charge on any atom is 0.167 e. The number of β-amino-alcohol motifs (C(OH)–C–C–N with tert-alkyl or cyclic N) is 1. The Bertz CT molecular complexity index is 1400. The van der Waals surface area contributed by atoms with E-state index in [-0.39, 0.29) is 40.8 Å². The minimum Gasteiger partial charge on any atom is -0.508 e. The van der Waals surface area contributed by atoms with Crippen molar-refractivity contribution in [3.8, 4) is 11.5 Å². The van der Waals surface area contributed by atoms with Gasteiger partial charge in [-0.2, -0.15) is 0 Å². The molecule has 2 aliphatic rings. The summed E-state index contributed by atoms with van der Waals surface area (Å²) in [6, 6.07) is 17.5. The van der Waals surface area contributed by atoms with Crippen molar-refractivity contribution in [2.45, 2.75) is 44.8 Å². The number of carbonyl (C=O) groups is 2. The van der Waals surface area contributed by atoms with Gasteiger partial charge in [0.2, 0.25) is 0 Å². The lowest BCUT2D eigenvalue weighted by Gasteiger charge is -2.42. The van der Waals surface area contributed by atoms with Gasteiger partial charge in [0, 0.05) is 67.6 Å². The molecule has 3 aromatic carbocycles. The first kappa shape index (κ1) is 29.9. The van der Waals surface area contributed by atoms with Gasteiger partial charge in [0.15, 0.2) is 11.6 Å². The first-order chi connectivity index (χ1) is 19.9. The summed E-state index contributed by atoms with van der Waals surface area (Å²) < 4.78 is 14.7. The van der Waals surface area contributed by atoms with Crippen molar-refractivity contribution in [1.29, 1.82) is 0 Å². The number of hydrogen-bond acceptors (Lipinski definition) is 7. The standard InChI is InChI=1S/C34H39FN2O5/c1-21-28(11-6-12-30(21)35)29-18-36(20-34(2,3)42)19-31(29)37-16-24(32(40)22-7-4-9-26(38)14-22)13-25(17-37)33(41)23-8-5-10-27(39)15-23/h4-12,14-15,24-25,29,31,38-39,42H,13,16-20H2,1-3H3/t24?,25?,29-,31+/m0/s1. The highest BCUT2D eigenvalue weighted by Crippen LogP contribution is 2.38. The molecule has 0 amide bonds. The number of aliphatic hydroxyl groups is 1. The summed E-state index contributed by atoms with van der Waals surface area (Å²) in [7, 11) is 0. The van der Waals surface area contributed by atoms with Gasteiger partial charge in [0.1, 0.15) is 17.3 Å². The molecule has 0 bridgehead atoms. The zero-order valence-corrected chi connectivity index (χ0v) is 24.3. The fourth-order valence-electron chi connectivity index (χ4n) is 6.82. The lowest BCUT2D eigenvalue weighted by atomic mass is 9.79. The fourth-order valence-corrected chi connectivity index (χ4v) is 6.82. The van der Waals surface area contributed by atoms with E-state index in [0.717, 1.165) is 5.56 Å². The SMILES string of the molecule is Cc1c(F)cccc1[C@@H]1CN(CC(C)(C)O)C[C@H]1N1CC(C(=O)c2cccc(O)c2)CC(C(=O)c2cccc(O)c2)C1. The van der Waals surface area contributed by atoms with Crippen LogP contribution in [0.1, 0.15) is 58.0 Å². The summed E-state index contributed by atoms with van der Waals surface area (Å²) in [6.07, 6.45) is 0.337. The Morgan fingerprint density at radius 2 is 1.40 bits per heavy atom. The van der Waals surface area contributed by atoms with Crippen LogP contribution >= 0.6 is 0 Å². The minimum absolute atomic E-state index is 0.000555. The molecule has 0 saturated carbocycles. The largest absolute Gasteiger partial charge is 0.508 e. The number of hydrogen-bond donors (Lipinski definition) is 3. The minimum atomic E-state index is -0.931. The van der Waals surface area contributed by atoms with Crippen LogP contribution in [-0.2, 0) is 0 Å². The van der Waals surface area contributed by atoms with Crippen LogP contribution in [0.15, 0.2) is 66.7 Å². The van der Waals surface area contributed by atoms with Crippen LogP contribution in [0.2, 0.25) is 0 Å². The summed E-state index contributed by atoms with van der Waals surface area (Å²) >= 11 is 0. The maximum absolute atomic E-state index is 14.7. The monoisotopic (exact) mass is 574 g/mol. The van der Waals surface area contributed by atoms with Gasteiger partial charge >= 0.3 is 0 Å². The van der Waals surface area contributed by atoms with Crippen molar-refractivity contribution in [3.05, 3.63) is 94.8 Å². The molecule has 222 valence electrons. The Kier molecular flexibility index (Phi) is 8.51. The molecule has 2 unspecified atom stereocenters. The molecule has 7 nitrogen and oxygen atoms in total. The van der Waals surface area contributed by atoms with Gasteiger partial charge in [-0.1, -0.05) is 36.4 Å². The number of nitrogens with zero attached hydrogens (tertiary/aromatic N) is 2. The van der Waals surface area contributed by atoms with Gasteiger partial charge in [-0.25, -0.2) is 4.39 Å². The van der Waals surface area contributed by atoms with Crippen LogP contribution in [0.5, 0.6) is 11.5 Å². The highest BCUT2D eigenvalue weighted by Gasteiger charge is 2.45. The zero-order chi connectivity index (χ0) is 30.2. The smallest absolute Gasteiger partial charge is 0.167 e. The molecule has 2 fully saturated rings. The van der Waals surface area contributed by atoms with Crippen molar-refractivity contribution >= 4 is 11.6 Å². The van der Waals surface area contributed by atoms with E-state index >= 15 is 0 Å². The first-order valence-electron chi connectivity index (χ1n) is 14.5. The molecule has 3 aromatic rings. The number of likely N-dealkylation sites (tertiary alicyclic amines) is 2. The van der Waals surface area contributed by atoms with E-state index in [0.29, 0.717) is 55.8 Å². The van der Waals surface area contributed by atoms with Crippen molar-refractivity contribution in [1.82, 2.24) is 9.80 Å². The van der Waals surface area contributed by atoms with Gasteiger partial charge in [0.05, 0.1) is 5.60 Å². The summed E-state index contributed by atoms with van der Waals surface area (Å²) in [4.78, 5) is 31.9. The fraction of sp³-hybridized carbons (Fsp3) is 0.412. The molecule has 0 aliphatic carbocycles. The Morgan fingerprint density at radius 1 is 0.857 bits per heavy atom. The summed E-state index contributed by atoms with van der Waals surface area (Å²) in [6.45, 7) is 7.73. The third kappa shape index (κ3) is 6.56. The van der Waals surface area contributed by atoms with E-state index in [1.54, 1.807) is 51.1 Å². The highest BCUT2D eigenvalue weighted by molar-refractivity contribution is 6.01. The Morgan fingerprint density at radius 3 is 1.93 bits per heavy atom. The van der Waals surface area contributed by atoms with Crippen LogP contribution in [-0.4, -0.2) is 81.1 Å². The number of carbonyl (C=O) groups excluding carboxylic acids is 2. The third-order valence-electron chi connectivity index (χ3n) is 8.63. The highest BCUT2D eigenvalue weighted by atomic mass is 19.1. The topological polar surface area (TPSA) is 101 Å². The third-order valence-corrected chi connectivity index (χ3v) is 8.63. The molecule has 5 rings (SSSR count). The second-order valence-corrected chi connectivity index (χ2v) is 12.5. The molecule has 0 radical (unpaired) electrons. The van der Waals surface area contributed by atoms with E-state index in [1.165, 1.54) is 30.3 Å². The summed E-state index contributed by atoms with van der Waals surface area (Å²) in [5.41, 5.74) is 1.31. The summed E-state index contributed by atoms with van der Waals surface area (Å²) in [5, 5.41) is 30.7. The molecule has 4 atom stereocenters. The van der Waals surface area contributed by atoms with Crippen LogP contribution in [0.25, 0.3) is 0 Å². The van der Waals surface area contributed by atoms with E-state index in [4.69, 9.17) is 0 Å². The van der Waals surface area contributed by atoms with Crippen LogP contribution in [0, 0.1) is 24.6 Å². The first-order valence-corrected chi connectivity index (χ1v) is 14.5. The van der Waals surface area contributed by atoms with E-state index in [9.17, 15) is 29.3 Å². The molecule has 2 saturated heterocycles. The predicted octanol–water partition coefficient (Wildman–Crippen LogP) is 4.79. The molecular weight excluding hydrogens is 535 g/mol.